The van der Waals surface area contributed by atoms with E-state index in [1.807, 2.05) is 52.0 Å². The Hall–Kier alpha value is -2.30. The summed E-state index contributed by atoms with van der Waals surface area (Å²) in [7, 11) is 1.23. The van der Waals surface area contributed by atoms with Crippen LogP contribution in [-0.2, 0) is 34.5 Å². The number of rotatable bonds is 4. The van der Waals surface area contributed by atoms with Gasteiger partial charge in [-0.25, -0.2) is 0 Å². The van der Waals surface area contributed by atoms with Gasteiger partial charge in [0.2, 0.25) is 5.79 Å². The van der Waals surface area contributed by atoms with Gasteiger partial charge in [-0.15, -0.1) is 0 Å². The number of hydrogen-bond donors (Lipinski definition) is 0. The van der Waals surface area contributed by atoms with E-state index in [0.29, 0.717) is 22.7 Å². The van der Waals surface area contributed by atoms with Gasteiger partial charge in [-0.05, 0) is 62.8 Å². The van der Waals surface area contributed by atoms with Crippen LogP contribution in [0.4, 0.5) is 0 Å². The summed E-state index contributed by atoms with van der Waals surface area (Å²) in [6.07, 6.45) is -1.71. The molecule has 0 radical (unpaired) electrons. The maximum absolute atomic E-state index is 6.94. The molecule has 0 aliphatic carbocycles. The van der Waals surface area contributed by atoms with Gasteiger partial charge in [-0.2, -0.15) is 0 Å². The fourth-order valence-corrected chi connectivity index (χ4v) is 7.64. The molecule has 1 spiro atoms. The monoisotopic (exact) mass is 646 g/mol. The van der Waals surface area contributed by atoms with Crippen molar-refractivity contribution in [2.45, 2.75) is 116 Å². The van der Waals surface area contributed by atoms with Crippen LogP contribution in [-0.4, -0.2) is 63.1 Å². The predicted molar refractivity (Wildman–Crippen MR) is 171 cm³/mol. The van der Waals surface area contributed by atoms with Crippen LogP contribution in [0.5, 0.6) is 11.5 Å². The number of hydrogen-bond acceptors (Lipinski definition) is 10. The Kier molecular flexibility index (Phi) is 7.89. The van der Waals surface area contributed by atoms with Crippen LogP contribution in [0.25, 0.3) is 21.9 Å². The summed E-state index contributed by atoms with van der Waals surface area (Å²) in [5.74, 6) is -1.58. The Morgan fingerprint density at radius 1 is 0.733 bits per heavy atom. The Labute approximate surface area is 266 Å². The summed E-state index contributed by atoms with van der Waals surface area (Å²) in [6, 6.07) is 7.98. The molecule has 10 nitrogen and oxygen atoms in total. The van der Waals surface area contributed by atoms with Crippen molar-refractivity contribution in [2.75, 3.05) is 27.4 Å². The predicted octanol–water partition coefficient (Wildman–Crippen LogP) is 7.73. The number of ether oxygens (including phenoxy) is 7. The maximum atomic E-state index is 6.94. The normalized spacial score (nSPS) is 27.7. The lowest BCUT2D eigenvalue weighted by Crippen LogP contribution is -2.63. The molecule has 3 saturated heterocycles. The van der Waals surface area contributed by atoms with Gasteiger partial charge >= 0.3 is 8.24 Å². The first-order valence-electron chi connectivity index (χ1n) is 15.5. The van der Waals surface area contributed by atoms with Crippen molar-refractivity contribution in [3.63, 3.8) is 0 Å². The maximum Gasteiger partial charge on any atom is 0.387 e. The minimum atomic E-state index is -2.11. The zero-order chi connectivity index (χ0) is 32.7. The molecule has 248 valence electrons. The highest BCUT2D eigenvalue weighted by molar-refractivity contribution is 7.31. The lowest BCUT2D eigenvalue weighted by atomic mass is 9.84. The Morgan fingerprint density at radius 2 is 1.27 bits per heavy atom. The molecule has 0 bridgehead atoms. The highest BCUT2D eigenvalue weighted by Crippen LogP contribution is 2.49. The molecule has 0 saturated carbocycles. The molecular weight excluding hydrogens is 599 g/mol. The molecular formula is C34H47O10P. The van der Waals surface area contributed by atoms with E-state index in [-0.39, 0.29) is 30.1 Å². The fraction of sp³-hybridized carbons (Fsp3) is 0.647. The van der Waals surface area contributed by atoms with Crippen molar-refractivity contribution in [3.05, 3.63) is 35.4 Å². The van der Waals surface area contributed by atoms with E-state index in [4.69, 9.17) is 46.1 Å². The largest absolute Gasteiger partial charge is 0.497 e. The average molecular weight is 647 g/mol. The molecule has 3 aromatic rings. The first-order valence-corrected chi connectivity index (χ1v) is 16.6. The first-order chi connectivity index (χ1) is 20.8. The molecule has 45 heavy (non-hydrogen) atoms. The third-order valence-corrected chi connectivity index (χ3v) is 9.58. The van der Waals surface area contributed by atoms with Crippen LogP contribution in [0.15, 0.2) is 32.7 Å². The Balaban J connectivity index is 1.66. The van der Waals surface area contributed by atoms with E-state index >= 15 is 0 Å². The van der Waals surface area contributed by atoms with Crippen molar-refractivity contribution < 1.29 is 46.1 Å². The van der Waals surface area contributed by atoms with Crippen LogP contribution in [0.3, 0.4) is 0 Å². The highest BCUT2D eigenvalue weighted by Gasteiger charge is 2.64. The highest BCUT2D eigenvalue weighted by atomic mass is 31.1. The van der Waals surface area contributed by atoms with Crippen molar-refractivity contribution in [1.82, 2.24) is 0 Å². The van der Waals surface area contributed by atoms with Gasteiger partial charge in [-0.1, -0.05) is 41.5 Å². The van der Waals surface area contributed by atoms with Gasteiger partial charge in [0.05, 0.1) is 20.8 Å². The molecule has 2 aromatic carbocycles. The molecule has 0 amide bonds. The molecule has 11 heteroatoms. The average Bonchev–Trinajstić information content (AvgIpc) is 3.37. The quantitative estimate of drug-likeness (QED) is 0.280. The number of benzene rings is 2. The van der Waals surface area contributed by atoms with E-state index in [9.17, 15) is 0 Å². The van der Waals surface area contributed by atoms with Crippen LogP contribution in [0.2, 0.25) is 0 Å². The topological polar surface area (TPSA) is 100 Å². The molecule has 6 rings (SSSR count). The smallest absolute Gasteiger partial charge is 0.387 e. The van der Waals surface area contributed by atoms with E-state index in [2.05, 4.69) is 41.5 Å². The lowest BCUT2D eigenvalue weighted by molar-refractivity contribution is -0.316. The van der Waals surface area contributed by atoms with Crippen LogP contribution >= 0.6 is 8.24 Å². The second kappa shape index (κ2) is 10.9. The SMILES string of the molecule is COc1cc(C(C)(C)C)c2op(O[C@@H]3[C@H]4OC(C)(C)O[C@H]4CO[C@@]34COC(C)(C)O4)oc3c(C(C)(C)C)cc(OC)cc3c2c1. The Morgan fingerprint density at radius 3 is 1.71 bits per heavy atom. The zero-order valence-electron chi connectivity index (χ0n) is 28.5. The van der Waals surface area contributed by atoms with E-state index in [1.54, 1.807) is 14.2 Å². The summed E-state index contributed by atoms with van der Waals surface area (Å²) in [4.78, 5) is 0. The summed E-state index contributed by atoms with van der Waals surface area (Å²) in [5.41, 5.74) is 2.57. The van der Waals surface area contributed by atoms with Gasteiger partial charge in [0.1, 0.15) is 41.5 Å². The van der Waals surface area contributed by atoms with Gasteiger partial charge < -0.3 is 41.6 Å². The van der Waals surface area contributed by atoms with Crippen LogP contribution in [0, 0.1) is 0 Å². The summed E-state index contributed by atoms with van der Waals surface area (Å²) < 4.78 is 63.8. The second-order valence-electron chi connectivity index (χ2n) is 15.1. The van der Waals surface area contributed by atoms with Crippen LogP contribution in [0.1, 0.15) is 80.4 Å². The van der Waals surface area contributed by atoms with Crippen molar-refractivity contribution in [1.29, 1.82) is 0 Å². The van der Waals surface area contributed by atoms with E-state index < -0.39 is 37.8 Å². The second-order valence-corrected chi connectivity index (χ2v) is 16.1. The lowest BCUT2D eigenvalue weighted by Gasteiger charge is -2.42. The fourth-order valence-electron chi connectivity index (χ4n) is 6.36. The summed E-state index contributed by atoms with van der Waals surface area (Å²) in [6.45, 7) is 20.7. The van der Waals surface area contributed by atoms with Crippen molar-refractivity contribution in [2.24, 2.45) is 0 Å². The minimum Gasteiger partial charge on any atom is -0.497 e. The third kappa shape index (κ3) is 6.00. The van der Waals surface area contributed by atoms with E-state index in [0.717, 1.165) is 21.9 Å². The molecule has 3 fully saturated rings. The van der Waals surface area contributed by atoms with Crippen molar-refractivity contribution >= 4 is 30.2 Å². The summed E-state index contributed by atoms with van der Waals surface area (Å²) >= 11 is 0. The molecule has 3 aliphatic heterocycles. The molecule has 0 N–H and O–H groups in total. The van der Waals surface area contributed by atoms with Gasteiger partial charge in [0.15, 0.2) is 17.7 Å². The number of fused-ring (bicyclic) bond motifs is 4. The van der Waals surface area contributed by atoms with E-state index in [1.165, 1.54) is 0 Å². The van der Waals surface area contributed by atoms with Gasteiger partial charge in [0, 0.05) is 21.9 Å². The van der Waals surface area contributed by atoms with Gasteiger partial charge in [-0.3, -0.25) is 4.52 Å². The minimum absolute atomic E-state index is 0.142. The van der Waals surface area contributed by atoms with Gasteiger partial charge in [0.25, 0.3) is 0 Å². The first kappa shape index (κ1) is 32.6. The third-order valence-electron chi connectivity index (χ3n) is 8.52. The Bertz CT molecular complexity index is 1560. The van der Waals surface area contributed by atoms with Crippen LogP contribution < -0.4 is 14.0 Å². The zero-order valence-corrected chi connectivity index (χ0v) is 29.4. The molecule has 4 atom stereocenters. The molecule has 4 heterocycles. The number of methoxy groups -OCH3 is 2. The summed E-state index contributed by atoms with van der Waals surface area (Å²) in [5, 5.41) is 1.64. The van der Waals surface area contributed by atoms with Crippen molar-refractivity contribution in [3.8, 4) is 11.5 Å². The molecule has 1 aromatic heterocycles. The standard InChI is InChI=1S/C34H47O10P/c1-30(2,3)23-15-19(35-11)13-21-22-14-20(36-12)16-24(31(4,5)6)27(22)42-45(41-26(21)23)43-29-28-25(39-33(9,10)40-28)17-37-34(29)18-38-32(7,8)44-34/h13-16,25,28-29H,17-18H2,1-12H3/t25-,28-,29+,34+/m0/s1. The molecule has 0 unspecified atom stereocenters. The molecule has 3 aliphatic rings.